The van der Waals surface area contributed by atoms with Gasteiger partial charge in [-0.05, 0) is 30.5 Å². The van der Waals surface area contributed by atoms with Crippen LogP contribution in [-0.4, -0.2) is 13.2 Å². The Balaban J connectivity index is 2.05. The highest BCUT2D eigenvalue weighted by atomic mass is 16.5. The summed E-state index contributed by atoms with van der Waals surface area (Å²) in [4.78, 5) is 0. The third-order valence-electron chi connectivity index (χ3n) is 3.77. The molecule has 1 aliphatic carbocycles. The van der Waals surface area contributed by atoms with Gasteiger partial charge in [0.15, 0.2) is 0 Å². The lowest BCUT2D eigenvalue weighted by Crippen LogP contribution is -2.27. The van der Waals surface area contributed by atoms with Crippen molar-refractivity contribution in [3.63, 3.8) is 0 Å². The van der Waals surface area contributed by atoms with Gasteiger partial charge in [-0.3, -0.25) is 0 Å². The fourth-order valence-electron chi connectivity index (χ4n) is 2.77. The van der Waals surface area contributed by atoms with Crippen LogP contribution in [0, 0.1) is 17.2 Å². The summed E-state index contributed by atoms with van der Waals surface area (Å²) in [6.45, 7) is 0.627. The number of methoxy groups -OCH3 is 1. The first-order chi connectivity index (χ1) is 9.33. The van der Waals surface area contributed by atoms with E-state index in [9.17, 15) is 5.26 Å². The van der Waals surface area contributed by atoms with E-state index in [0.717, 1.165) is 24.1 Å². The molecule has 0 saturated heterocycles. The first-order valence-electron chi connectivity index (χ1n) is 7.07. The summed E-state index contributed by atoms with van der Waals surface area (Å²) >= 11 is 0. The van der Waals surface area contributed by atoms with E-state index in [1.807, 2.05) is 6.07 Å². The summed E-state index contributed by atoms with van der Waals surface area (Å²) in [5.41, 5.74) is 2.26. The van der Waals surface area contributed by atoms with E-state index < -0.39 is 0 Å². The van der Waals surface area contributed by atoms with Crippen molar-refractivity contribution in [1.29, 1.82) is 5.26 Å². The Labute approximate surface area is 115 Å². The summed E-state index contributed by atoms with van der Waals surface area (Å²) in [5.74, 6) is 0.133. The predicted molar refractivity (Wildman–Crippen MR) is 76.8 cm³/mol. The molecule has 1 N–H and O–H groups in total. The number of nitrogens with zero attached hydrogens (tertiary/aromatic N) is 1. The molecular weight excluding hydrogens is 236 g/mol. The molecule has 3 heteroatoms. The van der Waals surface area contributed by atoms with Gasteiger partial charge < -0.3 is 10.1 Å². The highest BCUT2D eigenvalue weighted by molar-refractivity contribution is 5.46. The second kappa shape index (κ2) is 7.16. The molecule has 0 spiro atoms. The lowest BCUT2D eigenvalue weighted by atomic mass is 9.96. The maximum absolute atomic E-state index is 9.29. The van der Waals surface area contributed by atoms with Gasteiger partial charge in [0, 0.05) is 18.8 Å². The summed E-state index contributed by atoms with van der Waals surface area (Å²) < 4.78 is 5.16. The van der Waals surface area contributed by atoms with Crippen LogP contribution in [0.5, 0.6) is 0 Å². The van der Waals surface area contributed by atoms with Crippen LogP contribution in [0.25, 0.3) is 0 Å². The van der Waals surface area contributed by atoms with Crippen LogP contribution in [0.4, 0.5) is 5.69 Å². The summed E-state index contributed by atoms with van der Waals surface area (Å²) in [6, 6.07) is 11.0. The van der Waals surface area contributed by atoms with E-state index >= 15 is 0 Å². The summed E-state index contributed by atoms with van der Waals surface area (Å²) in [5, 5.41) is 12.8. The second-order valence-electron chi connectivity index (χ2n) is 5.26. The maximum atomic E-state index is 9.29. The van der Waals surface area contributed by atoms with Crippen molar-refractivity contribution in [3.05, 3.63) is 29.8 Å². The molecule has 102 valence electrons. The molecule has 1 fully saturated rings. The first-order valence-corrected chi connectivity index (χ1v) is 7.07. The van der Waals surface area contributed by atoms with Gasteiger partial charge >= 0.3 is 0 Å². The van der Waals surface area contributed by atoms with Crippen LogP contribution in [-0.2, 0) is 11.3 Å². The van der Waals surface area contributed by atoms with Crippen molar-refractivity contribution in [3.8, 4) is 6.07 Å². The fraction of sp³-hybridized carbons (Fsp3) is 0.562. The van der Waals surface area contributed by atoms with Gasteiger partial charge in [0.1, 0.15) is 0 Å². The lowest BCUT2D eigenvalue weighted by molar-refractivity contribution is 0.185. The van der Waals surface area contributed by atoms with Crippen molar-refractivity contribution in [2.75, 3.05) is 12.4 Å². The number of nitriles is 1. The number of hydrogen-bond donors (Lipinski definition) is 1. The van der Waals surface area contributed by atoms with Crippen molar-refractivity contribution in [1.82, 2.24) is 0 Å². The molecule has 1 saturated carbocycles. The van der Waals surface area contributed by atoms with E-state index in [4.69, 9.17) is 4.74 Å². The van der Waals surface area contributed by atoms with Gasteiger partial charge in [-0.15, -0.1) is 0 Å². The highest BCUT2D eigenvalue weighted by Crippen LogP contribution is 2.26. The quantitative estimate of drug-likeness (QED) is 0.837. The predicted octanol–water partition coefficient (Wildman–Crippen LogP) is 3.72. The van der Waals surface area contributed by atoms with Crippen LogP contribution in [0.15, 0.2) is 24.3 Å². The molecule has 0 heterocycles. The van der Waals surface area contributed by atoms with E-state index in [1.165, 1.54) is 19.3 Å². The molecule has 19 heavy (non-hydrogen) atoms. The maximum Gasteiger partial charge on any atom is 0.0713 e. The second-order valence-corrected chi connectivity index (χ2v) is 5.26. The zero-order valence-electron chi connectivity index (χ0n) is 11.6. The molecule has 0 aromatic heterocycles. The largest absolute Gasteiger partial charge is 0.381 e. The van der Waals surface area contributed by atoms with Crippen molar-refractivity contribution >= 4 is 5.69 Å². The van der Waals surface area contributed by atoms with Gasteiger partial charge in [-0.25, -0.2) is 0 Å². The molecule has 1 aliphatic rings. The van der Waals surface area contributed by atoms with E-state index in [1.54, 1.807) is 7.11 Å². The van der Waals surface area contributed by atoms with E-state index in [-0.39, 0.29) is 12.0 Å². The van der Waals surface area contributed by atoms with Crippen LogP contribution in [0.2, 0.25) is 0 Å². The van der Waals surface area contributed by atoms with Crippen molar-refractivity contribution in [2.24, 2.45) is 5.92 Å². The normalized spacial score (nSPS) is 23.4. The van der Waals surface area contributed by atoms with E-state index in [0.29, 0.717) is 6.61 Å². The monoisotopic (exact) mass is 258 g/mol. The average molecular weight is 258 g/mol. The number of benzene rings is 1. The van der Waals surface area contributed by atoms with Crippen LogP contribution in [0.1, 0.15) is 37.7 Å². The molecule has 0 bridgehead atoms. The molecule has 2 unspecified atom stereocenters. The molecule has 1 aromatic rings. The van der Waals surface area contributed by atoms with Gasteiger partial charge in [0.2, 0.25) is 0 Å². The zero-order valence-corrected chi connectivity index (χ0v) is 11.6. The van der Waals surface area contributed by atoms with E-state index in [2.05, 4.69) is 29.6 Å². The molecule has 2 atom stereocenters. The Morgan fingerprint density at radius 3 is 2.95 bits per heavy atom. The van der Waals surface area contributed by atoms with Gasteiger partial charge in [-0.1, -0.05) is 31.4 Å². The van der Waals surface area contributed by atoms with Crippen LogP contribution < -0.4 is 5.32 Å². The molecule has 0 radical (unpaired) electrons. The lowest BCUT2D eigenvalue weighted by Gasteiger charge is -2.22. The summed E-state index contributed by atoms with van der Waals surface area (Å²) in [6.07, 6.45) is 5.76. The standard InChI is InChI=1S/C16H22N2O/c1-19-12-13-6-5-8-15(10-13)18-16-9-4-2-3-7-14(16)11-17/h5-6,8,10,14,16,18H,2-4,7,9,12H2,1H3. The number of anilines is 1. The van der Waals surface area contributed by atoms with Gasteiger partial charge in [0.05, 0.1) is 18.6 Å². The molecule has 2 rings (SSSR count). The van der Waals surface area contributed by atoms with Crippen LogP contribution >= 0.6 is 0 Å². The topological polar surface area (TPSA) is 45.0 Å². The molecule has 1 aromatic carbocycles. The number of ether oxygens (including phenoxy) is 1. The highest BCUT2D eigenvalue weighted by Gasteiger charge is 2.23. The van der Waals surface area contributed by atoms with Crippen LogP contribution in [0.3, 0.4) is 0 Å². The Kier molecular flexibility index (Phi) is 5.23. The Hall–Kier alpha value is -1.53. The third-order valence-corrected chi connectivity index (χ3v) is 3.77. The average Bonchev–Trinajstić information content (AvgIpc) is 2.64. The number of rotatable bonds is 4. The van der Waals surface area contributed by atoms with Crippen molar-refractivity contribution in [2.45, 2.75) is 44.8 Å². The minimum absolute atomic E-state index is 0.133. The van der Waals surface area contributed by atoms with Crippen molar-refractivity contribution < 1.29 is 4.74 Å². The number of nitrogens with one attached hydrogen (secondary N) is 1. The SMILES string of the molecule is COCc1cccc(NC2CCCCCC2C#N)c1. The summed E-state index contributed by atoms with van der Waals surface area (Å²) in [7, 11) is 1.71. The first kappa shape index (κ1) is 13.9. The Morgan fingerprint density at radius 2 is 2.16 bits per heavy atom. The Bertz CT molecular complexity index is 439. The molecule has 0 aliphatic heterocycles. The van der Waals surface area contributed by atoms with Gasteiger partial charge in [-0.2, -0.15) is 5.26 Å². The minimum Gasteiger partial charge on any atom is -0.381 e. The number of hydrogen-bond acceptors (Lipinski definition) is 3. The minimum atomic E-state index is 0.133. The Morgan fingerprint density at radius 1 is 1.32 bits per heavy atom. The smallest absolute Gasteiger partial charge is 0.0713 e. The zero-order chi connectivity index (χ0) is 13.5. The molecule has 3 nitrogen and oxygen atoms in total. The molecular formula is C16H22N2O. The fourth-order valence-corrected chi connectivity index (χ4v) is 2.77. The third kappa shape index (κ3) is 3.97. The molecule has 0 amide bonds. The van der Waals surface area contributed by atoms with Gasteiger partial charge in [0.25, 0.3) is 0 Å².